The van der Waals surface area contributed by atoms with Crippen LogP contribution in [0.3, 0.4) is 0 Å². The van der Waals surface area contributed by atoms with Crippen LogP contribution >= 0.6 is 11.8 Å². The fraction of sp³-hybridized carbons (Fsp3) is 0.333. The summed E-state index contributed by atoms with van der Waals surface area (Å²) in [5, 5.41) is 11.9. The van der Waals surface area contributed by atoms with Crippen molar-refractivity contribution >= 4 is 46.0 Å². The molecule has 7 rings (SSSR count). The summed E-state index contributed by atoms with van der Waals surface area (Å²) in [4.78, 5) is 38.2. The fourth-order valence-electron chi connectivity index (χ4n) is 5.48. The molecule has 5 heterocycles. The highest BCUT2D eigenvalue weighted by atomic mass is 32.2. The van der Waals surface area contributed by atoms with Crippen LogP contribution in [0.5, 0.6) is 11.6 Å². The summed E-state index contributed by atoms with van der Waals surface area (Å²) in [7, 11) is 1.61. The van der Waals surface area contributed by atoms with Crippen LogP contribution < -0.4 is 19.7 Å². The van der Waals surface area contributed by atoms with Crippen LogP contribution in [-0.4, -0.2) is 93.1 Å². The maximum Gasteiger partial charge on any atom is 0.414 e. The number of nitrogens with zero attached hydrogens (tertiary/aromatic N) is 7. The molecule has 0 spiro atoms. The molecule has 3 atom stereocenters. The van der Waals surface area contributed by atoms with Crippen molar-refractivity contribution in [2.24, 2.45) is 0 Å². The van der Waals surface area contributed by atoms with Gasteiger partial charge in [-0.2, -0.15) is 0 Å². The Labute approximate surface area is 238 Å². The molecule has 2 saturated heterocycles. The van der Waals surface area contributed by atoms with E-state index in [0.717, 1.165) is 15.8 Å². The number of aromatic nitrogens is 5. The molecule has 0 saturated carbocycles. The van der Waals surface area contributed by atoms with Gasteiger partial charge in [-0.05, 0) is 36.4 Å². The van der Waals surface area contributed by atoms with Crippen molar-refractivity contribution in [3.63, 3.8) is 0 Å². The van der Waals surface area contributed by atoms with Crippen LogP contribution in [0.1, 0.15) is 6.04 Å². The minimum absolute atomic E-state index is 0.0524. The third kappa shape index (κ3) is 5.00. The smallest absolute Gasteiger partial charge is 0.414 e. The van der Waals surface area contributed by atoms with E-state index >= 15 is 0 Å². The lowest BCUT2D eigenvalue weighted by molar-refractivity contribution is -0.113. The predicted molar refractivity (Wildman–Crippen MR) is 149 cm³/mol. The molecular formula is C27H26N8O5S. The Hall–Kier alpha value is -4.43. The minimum atomic E-state index is -0.411. The van der Waals surface area contributed by atoms with E-state index in [-0.39, 0.29) is 24.2 Å². The summed E-state index contributed by atoms with van der Waals surface area (Å²) in [6.07, 6.45) is 3.89. The number of carbonyl (C=O) groups excluding carboxylic acids is 2. The second kappa shape index (κ2) is 10.5. The van der Waals surface area contributed by atoms with Gasteiger partial charge in [-0.1, -0.05) is 5.21 Å². The van der Waals surface area contributed by atoms with Gasteiger partial charge in [0.1, 0.15) is 30.3 Å². The SMILES string of the molecule is COc1ccc2ncnc(O[C@H]3CN(CC4CN(c5ccc6c(c5)NC(=O)CS6)C(=O)O4)C[C@@H]3n3ccnn3)c2c1. The number of thioether (sulfide) groups is 1. The molecule has 210 valence electrons. The summed E-state index contributed by atoms with van der Waals surface area (Å²) >= 11 is 1.48. The number of benzene rings is 2. The Morgan fingerprint density at radius 3 is 2.90 bits per heavy atom. The lowest BCUT2D eigenvalue weighted by atomic mass is 10.2. The number of cyclic esters (lactones) is 1. The average Bonchev–Trinajstić information content (AvgIpc) is 3.73. The molecular weight excluding hydrogens is 548 g/mol. The summed E-state index contributed by atoms with van der Waals surface area (Å²) < 4.78 is 19.4. The van der Waals surface area contributed by atoms with Gasteiger partial charge in [0.2, 0.25) is 11.8 Å². The number of hydrogen-bond donors (Lipinski definition) is 1. The number of nitrogens with one attached hydrogen (secondary N) is 1. The maximum atomic E-state index is 12.8. The van der Waals surface area contributed by atoms with Crippen molar-refractivity contribution in [3.8, 4) is 11.6 Å². The fourth-order valence-corrected chi connectivity index (χ4v) is 6.27. The van der Waals surface area contributed by atoms with Crippen LogP contribution in [0.15, 0.2) is 60.0 Å². The molecule has 4 aromatic rings. The van der Waals surface area contributed by atoms with Gasteiger partial charge in [-0.3, -0.25) is 14.6 Å². The van der Waals surface area contributed by atoms with Crippen molar-refractivity contribution in [3.05, 3.63) is 55.1 Å². The summed E-state index contributed by atoms with van der Waals surface area (Å²) in [5.74, 6) is 1.48. The van der Waals surface area contributed by atoms with Gasteiger partial charge in [0.15, 0.2) is 0 Å². The molecule has 2 aromatic carbocycles. The van der Waals surface area contributed by atoms with Crippen molar-refractivity contribution in [2.75, 3.05) is 49.3 Å². The number of ether oxygens (including phenoxy) is 3. The van der Waals surface area contributed by atoms with Gasteiger partial charge in [0.05, 0.1) is 42.2 Å². The molecule has 13 nitrogen and oxygen atoms in total. The van der Waals surface area contributed by atoms with E-state index in [4.69, 9.17) is 14.2 Å². The molecule has 1 N–H and O–H groups in total. The second-order valence-corrected chi connectivity index (χ2v) is 11.0. The van der Waals surface area contributed by atoms with E-state index in [2.05, 4.69) is 30.5 Å². The molecule has 2 fully saturated rings. The van der Waals surface area contributed by atoms with E-state index in [1.54, 1.807) is 22.9 Å². The highest BCUT2D eigenvalue weighted by Crippen LogP contribution is 2.36. The van der Waals surface area contributed by atoms with Gasteiger partial charge in [0, 0.05) is 36.4 Å². The number of likely N-dealkylation sites (tertiary alicyclic amines) is 1. The zero-order valence-corrected chi connectivity index (χ0v) is 22.9. The number of hydrogen-bond acceptors (Lipinski definition) is 11. The third-order valence-electron chi connectivity index (χ3n) is 7.41. The molecule has 14 heteroatoms. The Bertz CT molecular complexity index is 1620. The third-order valence-corrected chi connectivity index (χ3v) is 8.48. The van der Waals surface area contributed by atoms with Crippen LogP contribution in [0.25, 0.3) is 10.9 Å². The van der Waals surface area contributed by atoms with Crippen molar-refractivity contribution < 1.29 is 23.8 Å². The van der Waals surface area contributed by atoms with Crippen molar-refractivity contribution in [1.82, 2.24) is 29.9 Å². The van der Waals surface area contributed by atoms with Crippen molar-refractivity contribution in [2.45, 2.75) is 23.1 Å². The molecule has 0 aliphatic carbocycles. The number of fused-ring (bicyclic) bond motifs is 2. The molecule has 0 radical (unpaired) electrons. The molecule has 3 aliphatic heterocycles. The first-order valence-electron chi connectivity index (χ1n) is 13.1. The van der Waals surface area contributed by atoms with Crippen molar-refractivity contribution in [1.29, 1.82) is 0 Å². The van der Waals surface area contributed by atoms with Gasteiger partial charge in [0.25, 0.3) is 0 Å². The summed E-state index contributed by atoms with van der Waals surface area (Å²) in [6, 6.07) is 11.1. The maximum absolute atomic E-state index is 12.8. The van der Waals surface area contributed by atoms with E-state index in [9.17, 15) is 9.59 Å². The number of rotatable bonds is 7. The topological polar surface area (TPSA) is 137 Å². The number of carbonyl (C=O) groups is 2. The van der Waals surface area contributed by atoms with Gasteiger partial charge >= 0.3 is 6.09 Å². The zero-order chi connectivity index (χ0) is 27.9. The Balaban J connectivity index is 1.08. The van der Waals surface area contributed by atoms with E-state index in [1.165, 1.54) is 18.1 Å². The number of methoxy groups -OCH3 is 1. The molecule has 1 unspecified atom stereocenters. The molecule has 41 heavy (non-hydrogen) atoms. The Kier molecular flexibility index (Phi) is 6.55. The van der Waals surface area contributed by atoms with Gasteiger partial charge < -0.3 is 19.5 Å². The van der Waals surface area contributed by atoms with E-state index in [1.807, 2.05) is 42.6 Å². The average molecular weight is 575 g/mol. The van der Waals surface area contributed by atoms with E-state index in [0.29, 0.717) is 54.9 Å². The molecule has 0 bridgehead atoms. The quantitative estimate of drug-likeness (QED) is 0.349. The van der Waals surface area contributed by atoms with Crippen LogP contribution in [0, 0.1) is 0 Å². The standard InChI is InChI=1S/C27H26N8O5S/c1-38-17-3-4-20-19(9-17)26(29-15-28-20)40-23-13-33(12-22(23)35-7-6-30-32-35)10-18-11-34(27(37)39-18)16-2-5-24-21(8-16)31-25(36)14-41-24/h2-9,15,18,22-23H,10-14H2,1H3,(H,31,36)/t18?,22-,23-/m0/s1. The lowest BCUT2D eigenvalue weighted by Gasteiger charge is -2.21. The highest BCUT2D eigenvalue weighted by molar-refractivity contribution is 8.00. The zero-order valence-electron chi connectivity index (χ0n) is 22.0. The minimum Gasteiger partial charge on any atom is -0.497 e. The largest absolute Gasteiger partial charge is 0.497 e. The predicted octanol–water partition coefficient (Wildman–Crippen LogP) is 2.60. The first-order chi connectivity index (χ1) is 20.0. The summed E-state index contributed by atoms with van der Waals surface area (Å²) in [6.45, 7) is 2.10. The first kappa shape index (κ1) is 25.5. The first-order valence-corrected chi connectivity index (χ1v) is 14.1. The van der Waals surface area contributed by atoms with Crippen LogP contribution in [0.4, 0.5) is 16.2 Å². The van der Waals surface area contributed by atoms with Gasteiger partial charge in [-0.25, -0.2) is 19.4 Å². The van der Waals surface area contributed by atoms with Crippen LogP contribution in [-0.2, 0) is 9.53 Å². The van der Waals surface area contributed by atoms with Crippen LogP contribution in [0.2, 0.25) is 0 Å². The number of amides is 2. The number of anilines is 2. The Morgan fingerprint density at radius 1 is 1.12 bits per heavy atom. The monoisotopic (exact) mass is 574 g/mol. The Morgan fingerprint density at radius 2 is 2.05 bits per heavy atom. The normalized spacial score (nSPS) is 22.5. The van der Waals surface area contributed by atoms with Gasteiger partial charge in [-0.15, -0.1) is 16.9 Å². The molecule has 2 amide bonds. The highest BCUT2D eigenvalue weighted by Gasteiger charge is 2.41. The molecule has 2 aromatic heterocycles. The second-order valence-electron chi connectivity index (χ2n) is 10.0. The van der Waals surface area contributed by atoms with E-state index < -0.39 is 6.09 Å². The lowest BCUT2D eigenvalue weighted by Crippen LogP contribution is -2.34. The summed E-state index contributed by atoms with van der Waals surface area (Å²) in [5.41, 5.74) is 2.15. The molecule has 3 aliphatic rings.